The highest BCUT2D eigenvalue weighted by Gasteiger charge is 2.20. The molecule has 7 nitrogen and oxygen atoms in total. The Kier molecular flexibility index (Phi) is 4.21. The van der Waals surface area contributed by atoms with Crippen LogP contribution in [0.25, 0.3) is 0 Å². The number of pyridine rings is 1. The normalized spacial score (nSPS) is 18.2. The van der Waals surface area contributed by atoms with Gasteiger partial charge in [-0.1, -0.05) is 0 Å². The summed E-state index contributed by atoms with van der Waals surface area (Å²) in [5.41, 5.74) is 13.5. The monoisotopic (exact) mass is 318 g/mol. The molecule has 8 heteroatoms. The number of aromatic nitrogens is 2. The van der Waals surface area contributed by atoms with Crippen LogP contribution in [0.5, 0.6) is 0 Å². The Morgan fingerprint density at radius 3 is 3.09 bits per heavy atom. The Morgan fingerprint density at radius 2 is 2.36 bits per heavy atom. The third-order valence-electron chi connectivity index (χ3n) is 3.60. The molecule has 1 aliphatic heterocycles. The molecule has 1 amide bonds. The summed E-state index contributed by atoms with van der Waals surface area (Å²) in [7, 11) is 0. The van der Waals surface area contributed by atoms with Crippen molar-refractivity contribution in [1.82, 2.24) is 9.97 Å². The first kappa shape index (κ1) is 14.7. The maximum absolute atomic E-state index is 12.2. The van der Waals surface area contributed by atoms with Crippen molar-refractivity contribution in [2.45, 2.75) is 18.9 Å². The summed E-state index contributed by atoms with van der Waals surface area (Å²) < 4.78 is 0. The number of hydrogen-bond acceptors (Lipinski definition) is 7. The number of hydrogen-bond donors (Lipinski definition) is 3. The molecule has 0 saturated carbocycles. The second-order valence-electron chi connectivity index (χ2n) is 5.27. The van der Waals surface area contributed by atoms with Crippen molar-refractivity contribution in [3.63, 3.8) is 0 Å². The van der Waals surface area contributed by atoms with Crippen molar-refractivity contribution in [2.75, 3.05) is 29.0 Å². The molecular weight excluding hydrogens is 300 g/mol. The van der Waals surface area contributed by atoms with E-state index in [0.29, 0.717) is 16.5 Å². The smallest absolute Gasteiger partial charge is 0.275 e. The van der Waals surface area contributed by atoms with Crippen LogP contribution >= 0.6 is 11.3 Å². The molecule has 1 saturated heterocycles. The van der Waals surface area contributed by atoms with Crippen LogP contribution in [0, 0.1) is 0 Å². The topological polar surface area (TPSA) is 110 Å². The van der Waals surface area contributed by atoms with Gasteiger partial charge in [0.15, 0.2) is 5.13 Å². The van der Waals surface area contributed by atoms with E-state index in [4.69, 9.17) is 11.5 Å². The van der Waals surface area contributed by atoms with Gasteiger partial charge in [-0.3, -0.25) is 9.78 Å². The lowest BCUT2D eigenvalue weighted by Crippen LogP contribution is -2.43. The lowest BCUT2D eigenvalue weighted by atomic mass is 10.1. The van der Waals surface area contributed by atoms with Gasteiger partial charge in [0.25, 0.3) is 5.91 Å². The van der Waals surface area contributed by atoms with E-state index in [-0.39, 0.29) is 11.9 Å². The lowest BCUT2D eigenvalue weighted by molar-refractivity contribution is 0.102. The average molecular weight is 318 g/mol. The maximum atomic E-state index is 12.2. The average Bonchev–Trinajstić information content (AvgIpc) is 2.94. The molecule has 0 aliphatic carbocycles. The number of piperidine rings is 1. The van der Waals surface area contributed by atoms with E-state index in [9.17, 15) is 4.79 Å². The summed E-state index contributed by atoms with van der Waals surface area (Å²) in [5, 5.41) is 4.87. The molecule has 0 spiro atoms. The van der Waals surface area contributed by atoms with Crippen molar-refractivity contribution >= 4 is 33.8 Å². The molecular formula is C14H18N6OS. The number of carbonyl (C=O) groups excluding carboxylic acids is 1. The Hall–Kier alpha value is -2.19. The molecule has 3 rings (SSSR count). The highest BCUT2D eigenvalue weighted by molar-refractivity contribution is 7.13. The number of nitrogens with two attached hydrogens (primary N) is 2. The second kappa shape index (κ2) is 6.29. The zero-order valence-electron chi connectivity index (χ0n) is 12.0. The Bertz CT molecular complexity index is 673. The van der Waals surface area contributed by atoms with Crippen LogP contribution < -0.4 is 21.7 Å². The van der Waals surface area contributed by atoms with Gasteiger partial charge in [-0.15, -0.1) is 11.3 Å². The maximum Gasteiger partial charge on any atom is 0.275 e. The van der Waals surface area contributed by atoms with E-state index in [1.807, 2.05) is 6.07 Å². The van der Waals surface area contributed by atoms with Crippen LogP contribution in [0.3, 0.4) is 0 Å². The van der Waals surface area contributed by atoms with Crippen molar-refractivity contribution in [1.29, 1.82) is 0 Å². The number of amides is 1. The number of anilines is 3. The van der Waals surface area contributed by atoms with E-state index in [1.165, 1.54) is 11.3 Å². The molecule has 0 radical (unpaired) electrons. The zero-order valence-corrected chi connectivity index (χ0v) is 12.8. The van der Waals surface area contributed by atoms with Gasteiger partial charge >= 0.3 is 0 Å². The van der Waals surface area contributed by atoms with Crippen LogP contribution in [-0.4, -0.2) is 35.0 Å². The van der Waals surface area contributed by atoms with Crippen LogP contribution in [0.1, 0.15) is 23.3 Å². The van der Waals surface area contributed by atoms with Crippen LogP contribution in [-0.2, 0) is 0 Å². The van der Waals surface area contributed by atoms with E-state index in [1.54, 1.807) is 17.8 Å². The predicted molar refractivity (Wildman–Crippen MR) is 88.1 cm³/mol. The van der Waals surface area contributed by atoms with Crippen molar-refractivity contribution in [3.05, 3.63) is 29.5 Å². The minimum Gasteiger partial charge on any atom is -0.375 e. The van der Waals surface area contributed by atoms with Gasteiger partial charge in [0.1, 0.15) is 5.69 Å². The molecule has 2 aromatic heterocycles. The molecule has 0 bridgehead atoms. The van der Waals surface area contributed by atoms with E-state index >= 15 is 0 Å². The Balaban J connectivity index is 1.80. The molecule has 0 aromatic carbocycles. The fourth-order valence-electron chi connectivity index (χ4n) is 2.57. The first-order valence-electron chi connectivity index (χ1n) is 7.10. The van der Waals surface area contributed by atoms with Gasteiger partial charge in [-0.05, 0) is 18.9 Å². The number of nitrogens with one attached hydrogen (secondary N) is 1. The number of nitrogen functional groups attached to an aromatic ring is 1. The first-order valence-corrected chi connectivity index (χ1v) is 7.98. The van der Waals surface area contributed by atoms with Gasteiger partial charge in [-0.2, -0.15) is 0 Å². The van der Waals surface area contributed by atoms with Gasteiger partial charge in [0.2, 0.25) is 0 Å². The first-order chi connectivity index (χ1) is 10.6. The standard InChI is InChI=1S/C14H18N6OS/c15-9-2-1-5-20(7-9)12-3-4-17-6-10(12)18-13(21)11-8-22-14(16)19-11/h3-4,6,8-9H,1-2,5,7,15H2,(H2,16,19)(H,18,21). The fraction of sp³-hybridized carbons (Fsp3) is 0.357. The highest BCUT2D eigenvalue weighted by Crippen LogP contribution is 2.27. The number of carbonyl (C=O) groups is 1. The summed E-state index contributed by atoms with van der Waals surface area (Å²) in [6.45, 7) is 1.70. The Morgan fingerprint density at radius 1 is 1.50 bits per heavy atom. The predicted octanol–water partition coefficient (Wildman–Crippen LogP) is 1.30. The summed E-state index contributed by atoms with van der Waals surface area (Å²) in [6, 6.07) is 2.05. The third kappa shape index (κ3) is 3.18. The minimum absolute atomic E-state index is 0.156. The molecule has 116 valence electrons. The van der Waals surface area contributed by atoms with Crippen LogP contribution in [0.2, 0.25) is 0 Å². The van der Waals surface area contributed by atoms with Crippen LogP contribution in [0.15, 0.2) is 23.8 Å². The van der Waals surface area contributed by atoms with E-state index in [0.717, 1.165) is 31.6 Å². The molecule has 2 aromatic rings. The van der Waals surface area contributed by atoms with Gasteiger partial charge in [0, 0.05) is 30.7 Å². The summed E-state index contributed by atoms with van der Waals surface area (Å²) in [4.78, 5) is 22.5. The number of rotatable bonds is 3. The molecule has 1 atom stereocenters. The quantitative estimate of drug-likeness (QED) is 0.787. The lowest BCUT2D eigenvalue weighted by Gasteiger charge is -2.33. The summed E-state index contributed by atoms with van der Waals surface area (Å²) >= 11 is 1.24. The zero-order chi connectivity index (χ0) is 15.5. The third-order valence-corrected chi connectivity index (χ3v) is 4.27. The van der Waals surface area contributed by atoms with Gasteiger partial charge in [0.05, 0.1) is 17.6 Å². The minimum atomic E-state index is -0.288. The van der Waals surface area contributed by atoms with Crippen molar-refractivity contribution in [2.24, 2.45) is 5.73 Å². The molecule has 3 heterocycles. The fourth-order valence-corrected chi connectivity index (χ4v) is 3.11. The molecule has 22 heavy (non-hydrogen) atoms. The van der Waals surface area contributed by atoms with E-state index in [2.05, 4.69) is 20.2 Å². The van der Waals surface area contributed by atoms with Crippen molar-refractivity contribution < 1.29 is 4.79 Å². The van der Waals surface area contributed by atoms with E-state index < -0.39 is 0 Å². The summed E-state index contributed by atoms with van der Waals surface area (Å²) in [5.74, 6) is -0.288. The second-order valence-corrected chi connectivity index (χ2v) is 6.16. The van der Waals surface area contributed by atoms with Gasteiger partial charge < -0.3 is 21.7 Å². The number of nitrogens with zero attached hydrogens (tertiary/aromatic N) is 3. The molecule has 1 aliphatic rings. The summed E-state index contributed by atoms with van der Waals surface area (Å²) in [6.07, 6.45) is 5.43. The molecule has 1 unspecified atom stereocenters. The van der Waals surface area contributed by atoms with Crippen molar-refractivity contribution in [3.8, 4) is 0 Å². The Labute approximate surface area is 132 Å². The van der Waals surface area contributed by atoms with Gasteiger partial charge in [-0.25, -0.2) is 4.98 Å². The van der Waals surface area contributed by atoms with Crippen LogP contribution in [0.4, 0.5) is 16.5 Å². The molecule has 1 fully saturated rings. The largest absolute Gasteiger partial charge is 0.375 e. The molecule has 5 N–H and O–H groups in total. The number of thiazole rings is 1. The SMILES string of the molecule is Nc1nc(C(=O)Nc2cnccc2N2CCCC(N)C2)cs1. The highest BCUT2D eigenvalue weighted by atomic mass is 32.1.